The summed E-state index contributed by atoms with van der Waals surface area (Å²) in [4.78, 5) is 38.3. The molecule has 1 aromatic rings. The molecule has 0 spiro atoms. The third kappa shape index (κ3) is 3.93. The van der Waals surface area contributed by atoms with E-state index in [1.807, 2.05) is 0 Å². The summed E-state index contributed by atoms with van der Waals surface area (Å²) in [6.07, 6.45) is 0.469. The largest absolute Gasteiger partial charge is 0.479 e. The molecule has 0 aromatic heterocycles. The predicted molar refractivity (Wildman–Crippen MR) is 97.4 cm³/mol. The van der Waals surface area contributed by atoms with Crippen molar-refractivity contribution in [1.29, 1.82) is 0 Å². The maximum absolute atomic E-state index is 12.8. The smallest absolute Gasteiger partial charge is 0.334 e. The highest BCUT2D eigenvalue weighted by Crippen LogP contribution is 2.29. The van der Waals surface area contributed by atoms with E-state index < -0.39 is 23.5 Å². The molecule has 1 heterocycles. The molecule has 8 heteroatoms. The average Bonchev–Trinajstić information content (AvgIpc) is 3.09. The first kappa shape index (κ1) is 19.6. The number of hydrogen-bond acceptors (Lipinski definition) is 4. The van der Waals surface area contributed by atoms with Crippen molar-refractivity contribution in [1.82, 2.24) is 10.2 Å². The van der Waals surface area contributed by atoms with Crippen molar-refractivity contribution < 1.29 is 19.5 Å². The van der Waals surface area contributed by atoms with Crippen LogP contribution in [0.15, 0.2) is 24.3 Å². The molecule has 1 aliphatic rings. The quantitative estimate of drug-likeness (QED) is 0.786. The van der Waals surface area contributed by atoms with Crippen molar-refractivity contribution in [3.8, 4) is 0 Å². The lowest BCUT2D eigenvalue weighted by Gasteiger charge is -2.32. The van der Waals surface area contributed by atoms with Gasteiger partial charge in [-0.2, -0.15) is 0 Å². The Morgan fingerprint density at radius 1 is 1.32 bits per heavy atom. The number of nitrogens with zero attached hydrogens (tertiary/aromatic N) is 1. The number of carboxylic acids is 1. The molecule has 1 aliphatic heterocycles. The van der Waals surface area contributed by atoms with Crippen LogP contribution in [-0.2, 0) is 19.9 Å². The standard InChI is InChI=1S/C17H21ClN2O4S/c1-3-14(21)20-10-25-9-13(20)15(22)19-17(4-2,16(23)24)11-5-7-12(18)8-6-11/h5-8,13H,3-4,9-10H2,1-2H3,(H,19,22)(H,23,24). The van der Waals surface area contributed by atoms with Gasteiger partial charge in [0.2, 0.25) is 11.8 Å². The Balaban J connectivity index is 2.31. The maximum atomic E-state index is 12.8. The summed E-state index contributed by atoms with van der Waals surface area (Å²) >= 11 is 7.36. The number of benzene rings is 1. The second kappa shape index (κ2) is 8.10. The van der Waals surface area contributed by atoms with Crippen molar-refractivity contribution in [2.75, 3.05) is 11.6 Å². The number of rotatable bonds is 6. The number of nitrogens with one attached hydrogen (secondary N) is 1. The number of amides is 2. The number of thioether (sulfide) groups is 1. The Hall–Kier alpha value is -1.73. The van der Waals surface area contributed by atoms with Crippen LogP contribution in [0.4, 0.5) is 0 Å². The lowest BCUT2D eigenvalue weighted by Crippen LogP contribution is -2.57. The van der Waals surface area contributed by atoms with Crippen molar-refractivity contribution in [3.63, 3.8) is 0 Å². The molecule has 2 atom stereocenters. The van der Waals surface area contributed by atoms with Gasteiger partial charge < -0.3 is 15.3 Å². The normalized spacial score (nSPS) is 19.3. The first-order chi connectivity index (χ1) is 11.9. The van der Waals surface area contributed by atoms with E-state index in [9.17, 15) is 19.5 Å². The van der Waals surface area contributed by atoms with Crippen LogP contribution in [0.5, 0.6) is 0 Å². The number of carboxylic acid groups (broad SMARTS) is 1. The Morgan fingerprint density at radius 2 is 1.96 bits per heavy atom. The van der Waals surface area contributed by atoms with Gasteiger partial charge in [0, 0.05) is 17.2 Å². The monoisotopic (exact) mass is 384 g/mol. The van der Waals surface area contributed by atoms with Gasteiger partial charge in [-0.05, 0) is 24.1 Å². The van der Waals surface area contributed by atoms with Gasteiger partial charge in [0.05, 0.1) is 5.88 Å². The van der Waals surface area contributed by atoms with Gasteiger partial charge in [-0.1, -0.05) is 37.6 Å². The molecule has 25 heavy (non-hydrogen) atoms. The Labute approximate surface area is 155 Å². The van der Waals surface area contributed by atoms with Gasteiger partial charge in [0.1, 0.15) is 6.04 Å². The van der Waals surface area contributed by atoms with E-state index in [1.165, 1.54) is 16.7 Å². The van der Waals surface area contributed by atoms with Crippen molar-refractivity contribution in [3.05, 3.63) is 34.9 Å². The minimum absolute atomic E-state index is 0.117. The third-order valence-corrected chi connectivity index (χ3v) is 5.64. The van der Waals surface area contributed by atoms with Crippen LogP contribution in [0.1, 0.15) is 32.3 Å². The molecule has 1 saturated heterocycles. The molecular weight excluding hydrogens is 364 g/mol. The average molecular weight is 385 g/mol. The second-order valence-corrected chi connectivity index (χ2v) is 7.23. The van der Waals surface area contributed by atoms with E-state index in [2.05, 4.69) is 5.32 Å². The Kier molecular flexibility index (Phi) is 6.35. The zero-order chi connectivity index (χ0) is 18.6. The van der Waals surface area contributed by atoms with Crippen LogP contribution in [0, 0.1) is 0 Å². The van der Waals surface area contributed by atoms with Crippen LogP contribution >= 0.6 is 23.4 Å². The summed E-state index contributed by atoms with van der Waals surface area (Å²) in [5.74, 6) is -0.819. The van der Waals surface area contributed by atoms with E-state index in [-0.39, 0.29) is 12.3 Å². The fourth-order valence-corrected chi connectivity index (χ4v) is 4.14. The number of hydrogen-bond donors (Lipinski definition) is 2. The first-order valence-corrected chi connectivity index (χ1v) is 9.57. The van der Waals surface area contributed by atoms with Gasteiger partial charge in [-0.15, -0.1) is 11.8 Å². The zero-order valence-corrected chi connectivity index (χ0v) is 15.7. The summed E-state index contributed by atoms with van der Waals surface area (Å²) in [6, 6.07) is 5.72. The van der Waals surface area contributed by atoms with Gasteiger partial charge in [-0.3, -0.25) is 9.59 Å². The number of carbonyl (C=O) groups excluding carboxylic acids is 2. The summed E-state index contributed by atoms with van der Waals surface area (Å²) < 4.78 is 0. The van der Waals surface area contributed by atoms with E-state index in [1.54, 1.807) is 38.1 Å². The molecule has 0 radical (unpaired) electrons. The highest BCUT2D eigenvalue weighted by Gasteiger charge is 2.44. The number of aliphatic carboxylic acids is 1. The molecule has 6 nitrogen and oxygen atoms in total. The van der Waals surface area contributed by atoms with Crippen molar-refractivity contribution in [2.45, 2.75) is 38.3 Å². The molecule has 1 fully saturated rings. The lowest BCUT2D eigenvalue weighted by molar-refractivity contribution is -0.149. The third-order valence-electron chi connectivity index (χ3n) is 4.38. The van der Waals surface area contributed by atoms with Crippen LogP contribution in [0.25, 0.3) is 0 Å². The first-order valence-electron chi connectivity index (χ1n) is 8.04. The molecule has 1 aromatic carbocycles. The van der Waals surface area contributed by atoms with Crippen LogP contribution in [0.2, 0.25) is 5.02 Å². The molecule has 2 N–H and O–H groups in total. The van der Waals surface area contributed by atoms with Crippen molar-refractivity contribution in [2.24, 2.45) is 0 Å². The minimum Gasteiger partial charge on any atom is -0.479 e. The minimum atomic E-state index is -1.56. The molecule has 2 amide bonds. The van der Waals surface area contributed by atoms with Crippen LogP contribution < -0.4 is 5.32 Å². The lowest BCUT2D eigenvalue weighted by atomic mass is 9.87. The number of halogens is 1. The maximum Gasteiger partial charge on any atom is 0.334 e. The van der Waals surface area contributed by atoms with Crippen molar-refractivity contribution >= 4 is 41.1 Å². The fraction of sp³-hybridized carbons (Fsp3) is 0.471. The Bertz CT molecular complexity index is 667. The van der Waals surface area contributed by atoms with Crippen LogP contribution in [-0.4, -0.2) is 45.5 Å². The molecule has 0 saturated carbocycles. The van der Waals surface area contributed by atoms with Crippen LogP contribution in [0.3, 0.4) is 0 Å². The molecule has 136 valence electrons. The van der Waals surface area contributed by atoms with Gasteiger partial charge in [0.25, 0.3) is 0 Å². The molecular formula is C17H21ClN2O4S. The SMILES string of the molecule is CCC(=O)N1CSCC1C(=O)NC(CC)(C(=O)O)c1ccc(Cl)cc1. The van der Waals surface area contributed by atoms with E-state index in [0.29, 0.717) is 28.6 Å². The number of carbonyl (C=O) groups is 3. The van der Waals surface area contributed by atoms with Gasteiger partial charge >= 0.3 is 5.97 Å². The fourth-order valence-electron chi connectivity index (χ4n) is 2.83. The van der Waals surface area contributed by atoms with Gasteiger partial charge in [-0.25, -0.2) is 4.79 Å². The van der Waals surface area contributed by atoms with E-state index >= 15 is 0 Å². The molecule has 0 aliphatic carbocycles. The summed E-state index contributed by atoms with van der Waals surface area (Å²) in [6.45, 7) is 3.43. The summed E-state index contributed by atoms with van der Waals surface area (Å²) in [7, 11) is 0. The second-order valence-electron chi connectivity index (χ2n) is 5.79. The molecule has 2 unspecified atom stereocenters. The van der Waals surface area contributed by atoms with E-state index in [4.69, 9.17) is 11.6 Å². The predicted octanol–water partition coefficient (Wildman–Crippen LogP) is 2.46. The highest BCUT2D eigenvalue weighted by atomic mass is 35.5. The summed E-state index contributed by atoms with van der Waals surface area (Å²) in [5, 5.41) is 13.0. The van der Waals surface area contributed by atoms with E-state index in [0.717, 1.165) is 0 Å². The molecule has 0 bridgehead atoms. The zero-order valence-electron chi connectivity index (χ0n) is 14.1. The Morgan fingerprint density at radius 3 is 2.48 bits per heavy atom. The van der Waals surface area contributed by atoms with Gasteiger partial charge in [0.15, 0.2) is 5.54 Å². The molecule has 2 rings (SSSR count). The topological polar surface area (TPSA) is 86.7 Å². The highest BCUT2D eigenvalue weighted by molar-refractivity contribution is 7.99. The summed E-state index contributed by atoms with van der Waals surface area (Å²) in [5.41, 5.74) is -1.12.